The molecule has 2 aromatic rings. The summed E-state index contributed by atoms with van der Waals surface area (Å²) in [6, 6.07) is 10.4. The first-order chi connectivity index (χ1) is 11.8. The second-order valence-electron chi connectivity index (χ2n) is 7.05. The lowest BCUT2D eigenvalue weighted by atomic mass is 9.98. The molecule has 134 valence electrons. The minimum Gasteiger partial charge on any atom is -0.444 e. The summed E-state index contributed by atoms with van der Waals surface area (Å²) < 4.78 is 10.4. The van der Waals surface area contributed by atoms with Crippen LogP contribution in [0.4, 0.5) is 4.79 Å². The summed E-state index contributed by atoms with van der Waals surface area (Å²) in [5, 5.41) is 0. The molecule has 2 heterocycles. The van der Waals surface area contributed by atoms with Gasteiger partial charge >= 0.3 is 6.09 Å². The maximum Gasteiger partial charge on any atom is 0.409 e. The highest BCUT2D eigenvalue weighted by Crippen LogP contribution is 2.30. The number of fused-ring (bicyclic) bond motifs is 1. The molecule has 3 rings (SSSR count). The molecule has 1 aliphatic rings. The number of hydrogen-bond acceptors (Lipinski definition) is 4. The molecule has 0 N–H and O–H groups in total. The Bertz CT molecular complexity index is 707. The van der Waals surface area contributed by atoms with Gasteiger partial charge in [0, 0.05) is 26.5 Å². The number of pyridine rings is 1. The number of ether oxygens (including phenoxy) is 2. The number of carbonyl (C=O) groups is 1. The minimum absolute atomic E-state index is 0.299. The van der Waals surface area contributed by atoms with Gasteiger partial charge in [0.05, 0.1) is 13.2 Å². The van der Waals surface area contributed by atoms with E-state index in [2.05, 4.69) is 23.2 Å². The molecule has 1 aliphatic heterocycles. The van der Waals surface area contributed by atoms with Crippen LogP contribution in [-0.4, -0.2) is 35.7 Å². The van der Waals surface area contributed by atoms with E-state index in [1.807, 2.05) is 45.3 Å². The van der Waals surface area contributed by atoms with Gasteiger partial charge in [0.25, 0.3) is 0 Å². The third-order valence-corrected chi connectivity index (χ3v) is 3.53. The lowest BCUT2D eigenvalue weighted by molar-refractivity contribution is 0.0341. The molecule has 5 nitrogen and oxygen atoms in total. The highest BCUT2D eigenvalue weighted by molar-refractivity contribution is 5.68. The molecule has 5 heteroatoms. The second kappa shape index (κ2) is 8.12. The number of amides is 1. The van der Waals surface area contributed by atoms with Crippen molar-refractivity contribution in [3.05, 3.63) is 53.9 Å². The van der Waals surface area contributed by atoms with Gasteiger partial charge in [0.1, 0.15) is 5.60 Å². The van der Waals surface area contributed by atoms with Crippen LogP contribution in [0.25, 0.3) is 11.1 Å². The van der Waals surface area contributed by atoms with Gasteiger partial charge in [-0.25, -0.2) is 4.79 Å². The highest BCUT2D eigenvalue weighted by Gasteiger charge is 2.17. The normalized spacial score (nSPS) is 12.7. The molecule has 0 aliphatic carbocycles. The minimum atomic E-state index is -0.388. The molecule has 1 aromatic heterocycles. The Balaban J connectivity index is 0.000000199. The van der Waals surface area contributed by atoms with Crippen LogP contribution in [0, 0.1) is 0 Å². The fourth-order valence-corrected chi connectivity index (χ4v) is 2.36. The number of aromatic nitrogens is 1. The Hall–Kier alpha value is -2.40. The smallest absolute Gasteiger partial charge is 0.409 e. The summed E-state index contributed by atoms with van der Waals surface area (Å²) in [6.07, 6.45) is 3.35. The topological polar surface area (TPSA) is 51.7 Å². The first kappa shape index (κ1) is 18.9. The summed E-state index contributed by atoms with van der Waals surface area (Å²) >= 11 is 0. The van der Waals surface area contributed by atoms with Gasteiger partial charge in [-0.1, -0.05) is 18.2 Å². The SMILES string of the molecule is CN(C)C(=O)OC(C)(C)C.c1cc2c(c(-c3ccncc3)c1)COC2. The number of benzene rings is 1. The lowest BCUT2D eigenvalue weighted by Crippen LogP contribution is -2.31. The van der Waals surface area contributed by atoms with E-state index in [0.717, 1.165) is 13.2 Å². The quantitative estimate of drug-likeness (QED) is 0.777. The third kappa shape index (κ3) is 5.57. The van der Waals surface area contributed by atoms with Crippen LogP contribution in [0.1, 0.15) is 31.9 Å². The van der Waals surface area contributed by atoms with Gasteiger partial charge in [-0.3, -0.25) is 4.98 Å². The molecule has 0 saturated carbocycles. The Labute approximate surface area is 149 Å². The third-order valence-electron chi connectivity index (χ3n) is 3.53. The molecule has 0 saturated heterocycles. The number of hydrogen-bond donors (Lipinski definition) is 0. The molecule has 25 heavy (non-hydrogen) atoms. The van der Waals surface area contributed by atoms with E-state index < -0.39 is 0 Å². The van der Waals surface area contributed by atoms with Gasteiger partial charge in [-0.05, 0) is 55.2 Å². The zero-order valence-corrected chi connectivity index (χ0v) is 15.6. The molecule has 0 spiro atoms. The van der Waals surface area contributed by atoms with Gasteiger partial charge in [0.15, 0.2) is 0 Å². The van der Waals surface area contributed by atoms with Crippen molar-refractivity contribution in [2.75, 3.05) is 14.1 Å². The Morgan fingerprint density at radius 3 is 2.36 bits per heavy atom. The first-order valence-corrected chi connectivity index (χ1v) is 8.27. The van der Waals surface area contributed by atoms with E-state index in [1.54, 1.807) is 14.1 Å². The van der Waals surface area contributed by atoms with Crippen LogP contribution in [0.5, 0.6) is 0 Å². The predicted molar refractivity (Wildman–Crippen MR) is 98.1 cm³/mol. The van der Waals surface area contributed by atoms with Crippen LogP contribution in [0.2, 0.25) is 0 Å². The van der Waals surface area contributed by atoms with Crippen molar-refractivity contribution < 1.29 is 14.3 Å². The van der Waals surface area contributed by atoms with Crippen molar-refractivity contribution in [1.29, 1.82) is 0 Å². The Morgan fingerprint density at radius 1 is 1.12 bits per heavy atom. The fourth-order valence-electron chi connectivity index (χ4n) is 2.36. The molecule has 0 atom stereocenters. The molecule has 0 fully saturated rings. The molecule has 0 bridgehead atoms. The highest BCUT2D eigenvalue weighted by atomic mass is 16.6. The Morgan fingerprint density at radius 2 is 1.80 bits per heavy atom. The lowest BCUT2D eigenvalue weighted by Gasteiger charge is -2.22. The Kier molecular flexibility index (Phi) is 6.15. The number of rotatable bonds is 1. The summed E-state index contributed by atoms with van der Waals surface area (Å²) in [5.74, 6) is 0. The summed E-state index contributed by atoms with van der Waals surface area (Å²) in [7, 11) is 3.32. The zero-order valence-electron chi connectivity index (χ0n) is 15.6. The van der Waals surface area contributed by atoms with E-state index in [9.17, 15) is 4.79 Å². The van der Waals surface area contributed by atoms with Crippen molar-refractivity contribution in [2.45, 2.75) is 39.6 Å². The molecule has 0 radical (unpaired) electrons. The van der Waals surface area contributed by atoms with Crippen LogP contribution >= 0.6 is 0 Å². The van der Waals surface area contributed by atoms with E-state index in [1.165, 1.54) is 27.2 Å². The summed E-state index contributed by atoms with van der Waals surface area (Å²) in [5.41, 5.74) is 4.73. The zero-order chi connectivity index (χ0) is 18.4. The molecule has 0 unspecified atom stereocenters. The molecular formula is C20H26N2O3. The van der Waals surface area contributed by atoms with Gasteiger partial charge < -0.3 is 14.4 Å². The average molecular weight is 342 g/mol. The van der Waals surface area contributed by atoms with Crippen LogP contribution < -0.4 is 0 Å². The van der Waals surface area contributed by atoms with Crippen LogP contribution in [-0.2, 0) is 22.7 Å². The molecular weight excluding hydrogens is 316 g/mol. The average Bonchev–Trinajstić information content (AvgIpc) is 3.03. The van der Waals surface area contributed by atoms with Crippen molar-refractivity contribution in [3.8, 4) is 11.1 Å². The largest absolute Gasteiger partial charge is 0.444 e. The maximum atomic E-state index is 10.9. The van der Waals surface area contributed by atoms with Crippen molar-refractivity contribution in [3.63, 3.8) is 0 Å². The monoisotopic (exact) mass is 342 g/mol. The predicted octanol–water partition coefficient (Wildman–Crippen LogP) is 4.26. The van der Waals surface area contributed by atoms with Gasteiger partial charge in [0.2, 0.25) is 0 Å². The molecule has 1 amide bonds. The van der Waals surface area contributed by atoms with Crippen molar-refractivity contribution in [1.82, 2.24) is 9.88 Å². The van der Waals surface area contributed by atoms with E-state index in [-0.39, 0.29) is 11.7 Å². The maximum absolute atomic E-state index is 10.9. The van der Waals surface area contributed by atoms with E-state index in [0.29, 0.717) is 0 Å². The van der Waals surface area contributed by atoms with Crippen LogP contribution in [0.3, 0.4) is 0 Å². The summed E-state index contributed by atoms with van der Waals surface area (Å²) in [6.45, 7) is 7.00. The number of carbonyl (C=O) groups excluding carboxylic acids is 1. The van der Waals surface area contributed by atoms with E-state index >= 15 is 0 Å². The standard InChI is InChI=1S/C13H11NO.C7H15NO2/c1-2-11-8-15-9-13(11)12(3-1)10-4-6-14-7-5-10;1-7(2,3)10-6(9)8(4)5/h1-7H,8-9H2;1-5H3. The first-order valence-electron chi connectivity index (χ1n) is 8.27. The van der Waals surface area contributed by atoms with Crippen molar-refractivity contribution in [2.24, 2.45) is 0 Å². The number of nitrogens with zero attached hydrogens (tertiary/aromatic N) is 2. The summed E-state index contributed by atoms with van der Waals surface area (Å²) in [4.78, 5) is 16.3. The fraction of sp³-hybridized carbons (Fsp3) is 0.400. The van der Waals surface area contributed by atoms with Crippen LogP contribution in [0.15, 0.2) is 42.7 Å². The van der Waals surface area contributed by atoms with Gasteiger partial charge in [-0.2, -0.15) is 0 Å². The van der Waals surface area contributed by atoms with Crippen molar-refractivity contribution >= 4 is 6.09 Å². The molecule has 1 aromatic carbocycles. The van der Waals surface area contributed by atoms with Gasteiger partial charge in [-0.15, -0.1) is 0 Å². The second-order valence-corrected chi connectivity index (χ2v) is 7.05. The van der Waals surface area contributed by atoms with E-state index in [4.69, 9.17) is 9.47 Å².